The van der Waals surface area contributed by atoms with E-state index in [1.165, 1.54) is 30.3 Å². The molecule has 2 aromatic rings. The Morgan fingerprint density at radius 3 is 2.19 bits per heavy atom. The first kappa shape index (κ1) is 17.3. The van der Waals surface area contributed by atoms with Gasteiger partial charge in [-0.2, -0.15) is 0 Å². The first-order chi connectivity index (χ1) is 12.4. The van der Waals surface area contributed by atoms with Gasteiger partial charge in [-0.1, -0.05) is 24.3 Å². The third-order valence-corrected chi connectivity index (χ3v) is 4.19. The van der Waals surface area contributed by atoms with E-state index in [-0.39, 0.29) is 35.7 Å². The molecule has 0 spiro atoms. The summed E-state index contributed by atoms with van der Waals surface area (Å²) in [7, 11) is 0. The maximum Gasteiger partial charge on any atom is 0.261 e. The summed E-state index contributed by atoms with van der Waals surface area (Å²) in [6.07, 6.45) is 0. The third-order valence-electron chi connectivity index (χ3n) is 4.19. The molecule has 3 rings (SSSR count). The summed E-state index contributed by atoms with van der Waals surface area (Å²) in [5, 5.41) is 13.4. The highest BCUT2D eigenvalue weighted by Gasteiger charge is 2.34. The normalized spacial score (nSPS) is 12.9. The van der Waals surface area contributed by atoms with E-state index in [2.05, 4.69) is 5.32 Å². The highest BCUT2D eigenvalue weighted by atomic mass is 16.4. The van der Waals surface area contributed by atoms with Crippen molar-refractivity contribution in [1.82, 2.24) is 10.2 Å². The van der Waals surface area contributed by atoms with Crippen LogP contribution in [-0.2, 0) is 6.54 Å². The van der Waals surface area contributed by atoms with Crippen molar-refractivity contribution >= 4 is 23.7 Å². The monoisotopic (exact) mass is 351 g/mol. The molecule has 0 aromatic heterocycles. The number of rotatable bonds is 5. The van der Waals surface area contributed by atoms with Crippen LogP contribution in [0.3, 0.4) is 0 Å². The maximum absolute atomic E-state index is 12.3. The van der Waals surface area contributed by atoms with Crippen LogP contribution >= 0.6 is 0 Å². The molecule has 1 N–H and O–H groups in total. The van der Waals surface area contributed by atoms with E-state index in [0.29, 0.717) is 11.1 Å². The van der Waals surface area contributed by atoms with Crippen LogP contribution in [-0.4, -0.2) is 35.1 Å². The number of carboxylic acid groups (broad SMARTS) is 1. The van der Waals surface area contributed by atoms with Crippen molar-refractivity contribution in [3.05, 3.63) is 70.3 Å². The number of hydrogen-bond donors (Lipinski definition) is 1. The number of hydrogen-bond acceptors (Lipinski definition) is 5. The van der Waals surface area contributed by atoms with Crippen molar-refractivity contribution in [3.63, 3.8) is 0 Å². The van der Waals surface area contributed by atoms with Crippen LogP contribution in [0.5, 0.6) is 0 Å². The molecule has 7 heteroatoms. The van der Waals surface area contributed by atoms with E-state index in [9.17, 15) is 24.3 Å². The van der Waals surface area contributed by atoms with Gasteiger partial charge in [-0.15, -0.1) is 0 Å². The Bertz CT molecular complexity index is 918. The predicted octanol–water partition coefficient (Wildman–Crippen LogP) is 0.596. The molecule has 0 unspecified atom stereocenters. The van der Waals surface area contributed by atoms with Crippen molar-refractivity contribution in [2.75, 3.05) is 6.54 Å². The minimum absolute atomic E-state index is 0.0577. The molecular weight excluding hydrogens is 336 g/mol. The average molecular weight is 351 g/mol. The molecule has 0 fully saturated rings. The second-order valence-electron chi connectivity index (χ2n) is 5.78. The maximum atomic E-state index is 12.3. The molecule has 3 amide bonds. The summed E-state index contributed by atoms with van der Waals surface area (Å²) in [4.78, 5) is 48.4. The number of nitrogens with zero attached hydrogens (tertiary/aromatic N) is 1. The second-order valence-corrected chi connectivity index (χ2v) is 5.78. The molecule has 132 valence electrons. The van der Waals surface area contributed by atoms with Gasteiger partial charge in [0, 0.05) is 18.7 Å². The molecule has 1 heterocycles. The zero-order valence-electron chi connectivity index (χ0n) is 13.9. The number of imide groups is 1. The van der Waals surface area contributed by atoms with E-state index in [1.807, 2.05) is 0 Å². The fourth-order valence-corrected chi connectivity index (χ4v) is 2.76. The van der Waals surface area contributed by atoms with Gasteiger partial charge in [-0.3, -0.25) is 19.3 Å². The topological polar surface area (TPSA) is 107 Å². The van der Waals surface area contributed by atoms with Crippen LogP contribution in [0.1, 0.15) is 53.9 Å². The summed E-state index contributed by atoms with van der Waals surface area (Å²) in [5.74, 6) is -2.42. The Balaban J connectivity index is 1.72. The Morgan fingerprint density at radius 1 is 0.962 bits per heavy atom. The fourth-order valence-electron chi connectivity index (χ4n) is 2.76. The quantitative estimate of drug-likeness (QED) is 0.794. The summed E-state index contributed by atoms with van der Waals surface area (Å²) in [6, 6.07) is 10.3. The standard InChI is InChI=1S/C19H16N2O5/c1-2-21-17(23)14-8-7-13(9-15(14)18(21)24)16(22)20-10-11-3-5-12(6-4-11)19(25)26/h3-9H,2,10H2,1H3,(H,20,22)(H,25,26)/p-1. The Kier molecular flexibility index (Phi) is 4.53. The predicted molar refractivity (Wildman–Crippen MR) is 89.4 cm³/mol. The van der Waals surface area contributed by atoms with Gasteiger partial charge in [0.25, 0.3) is 17.7 Å². The molecule has 2 aromatic carbocycles. The van der Waals surface area contributed by atoms with Gasteiger partial charge in [0.2, 0.25) is 0 Å². The van der Waals surface area contributed by atoms with E-state index in [4.69, 9.17) is 0 Å². The molecule has 7 nitrogen and oxygen atoms in total. The fraction of sp³-hybridized carbons (Fsp3) is 0.158. The first-order valence-electron chi connectivity index (χ1n) is 8.01. The lowest BCUT2D eigenvalue weighted by Crippen LogP contribution is -2.29. The number of carbonyl (C=O) groups is 4. The first-order valence-corrected chi connectivity index (χ1v) is 8.01. The Labute approximate surface area is 149 Å². The Morgan fingerprint density at radius 2 is 1.58 bits per heavy atom. The molecule has 0 bridgehead atoms. The van der Waals surface area contributed by atoms with E-state index in [1.54, 1.807) is 19.1 Å². The molecule has 1 aliphatic heterocycles. The van der Waals surface area contributed by atoms with Crippen molar-refractivity contribution in [1.29, 1.82) is 0 Å². The molecule has 0 atom stereocenters. The number of carboxylic acids is 1. The highest BCUT2D eigenvalue weighted by molar-refractivity contribution is 6.22. The SMILES string of the molecule is CCN1C(=O)c2ccc(C(=O)NCc3ccc(C(=O)[O-])cc3)cc2C1=O. The van der Waals surface area contributed by atoms with Crippen LogP contribution in [0.4, 0.5) is 0 Å². The second kappa shape index (κ2) is 6.79. The largest absolute Gasteiger partial charge is 0.545 e. The van der Waals surface area contributed by atoms with E-state index < -0.39 is 17.8 Å². The zero-order valence-corrected chi connectivity index (χ0v) is 13.9. The minimum Gasteiger partial charge on any atom is -0.545 e. The number of carbonyl (C=O) groups excluding carboxylic acids is 4. The van der Waals surface area contributed by atoms with Gasteiger partial charge in [0.05, 0.1) is 17.1 Å². The van der Waals surface area contributed by atoms with Crippen molar-refractivity contribution in [2.45, 2.75) is 13.5 Å². The number of benzene rings is 2. The molecule has 0 aliphatic carbocycles. The molecular formula is C19H15N2O5-. The smallest absolute Gasteiger partial charge is 0.261 e. The van der Waals surface area contributed by atoms with Crippen molar-refractivity contribution in [2.24, 2.45) is 0 Å². The summed E-state index contributed by atoms with van der Waals surface area (Å²) < 4.78 is 0. The molecule has 0 radical (unpaired) electrons. The van der Waals surface area contributed by atoms with E-state index in [0.717, 1.165) is 4.90 Å². The average Bonchev–Trinajstić information content (AvgIpc) is 2.89. The van der Waals surface area contributed by atoms with Crippen LogP contribution in [0, 0.1) is 0 Å². The van der Waals surface area contributed by atoms with Crippen LogP contribution in [0.2, 0.25) is 0 Å². The highest BCUT2D eigenvalue weighted by Crippen LogP contribution is 2.23. The zero-order chi connectivity index (χ0) is 18.8. The summed E-state index contributed by atoms with van der Waals surface area (Å²) in [6.45, 7) is 2.17. The van der Waals surface area contributed by atoms with Crippen LogP contribution in [0.15, 0.2) is 42.5 Å². The summed E-state index contributed by atoms with van der Waals surface area (Å²) >= 11 is 0. The van der Waals surface area contributed by atoms with Gasteiger partial charge in [0.15, 0.2) is 0 Å². The molecule has 1 aliphatic rings. The van der Waals surface area contributed by atoms with Gasteiger partial charge < -0.3 is 15.2 Å². The van der Waals surface area contributed by atoms with Crippen LogP contribution in [0.25, 0.3) is 0 Å². The number of nitrogens with one attached hydrogen (secondary N) is 1. The number of fused-ring (bicyclic) bond motifs is 1. The lowest BCUT2D eigenvalue weighted by atomic mass is 10.1. The lowest BCUT2D eigenvalue weighted by molar-refractivity contribution is -0.255. The minimum atomic E-state index is -1.26. The van der Waals surface area contributed by atoms with E-state index >= 15 is 0 Å². The van der Waals surface area contributed by atoms with Crippen molar-refractivity contribution < 1.29 is 24.3 Å². The van der Waals surface area contributed by atoms with Crippen LogP contribution < -0.4 is 10.4 Å². The molecule has 26 heavy (non-hydrogen) atoms. The van der Waals surface area contributed by atoms with Gasteiger partial charge >= 0.3 is 0 Å². The lowest BCUT2D eigenvalue weighted by Gasteiger charge is -2.08. The Hall–Kier alpha value is -3.48. The molecule has 0 saturated carbocycles. The third kappa shape index (κ3) is 3.06. The van der Waals surface area contributed by atoms with Gasteiger partial charge in [-0.25, -0.2) is 0 Å². The summed E-state index contributed by atoms with van der Waals surface area (Å²) in [5.41, 5.74) is 1.57. The number of aromatic carboxylic acids is 1. The number of amides is 3. The van der Waals surface area contributed by atoms with Gasteiger partial charge in [-0.05, 0) is 36.2 Å². The van der Waals surface area contributed by atoms with Gasteiger partial charge in [0.1, 0.15) is 0 Å². The van der Waals surface area contributed by atoms with Crippen molar-refractivity contribution in [3.8, 4) is 0 Å². The molecule has 0 saturated heterocycles.